The van der Waals surface area contributed by atoms with Gasteiger partial charge < -0.3 is 14.6 Å². The molecule has 3 heterocycles. The van der Waals surface area contributed by atoms with E-state index in [-0.39, 0.29) is 0 Å². The smallest absolute Gasteiger partial charge is 0.138 e. The van der Waals surface area contributed by atoms with Crippen molar-refractivity contribution < 1.29 is 4.74 Å². The zero-order valence-corrected chi connectivity index (χ0v) is 20.5. The summed E-state index contributed by atoms with van der Waals surface area (Å²) in [4.78, 5) is 13.0. The lowest BCUT2D eigenvalue weighted by atomic mass is 10.0. The molecule has 1 aliphatic heterocycles. The van der Waals surface area contributed by atoms with Crippen molar-refractivity contribution >= 4 is 21.9 Å². The maximum absolute atomic E-state index is 6.03. The minimum atomic E-state index is 0.734. The summed E-state index contributed by atoms with van der Waals surface area (Å²) in [6.07, 6.45) is 6.86. The molecule has 0 spiro atoms. The summed E-state index contributed by atoms with van der Waals surface area (Å²) in [5.74, 6) is 0.937. The third-order valence-corrected chi connectivity index (χ3v) is 7.04. The van der Waals surface area contributed by atoms with Crippen LogP contribution in [0.1, 0.15) is 31.7 Å². The number of rotatable bonds is 9. The van der Waals surface area contributed by atoms with Crippen molar-refractivity contribution in [3.8, 4) is 16.9 Å². The first-order valence-corrected chi connectivity index (χ1v) is 12.7. The first-order valence-electron chi connectivity index (χ1n) is 12.7. The molecule has 0 unspecified atom stereocenters. The number of aromatic amines is 1. The highest BCUT2D eigenvalue weighted by Gasteiger charge is 2.13. The molecule has 0 aliphatic carbocycles. The fraction of sp³-hybridized carbons (Fsp3) is 0.414. The summed E-state index contributed by atoms with van der Waals surface area (Å²) < 4.78 is 6.03. The van der Waals surface area contributed by atoms with Crippen LogP contribution in [0.5, 0.6) is 5.75 Å². The van der Waals surface area contributed by atoms with Gasteiger partial charge in [0, 0.05) is 55.2 Å². The molecule has 2 aromatic carbocycles. The third-order valence-electron chi connectivity index (χ3n) is 7.04. The average molecular weight is 457 g/mol. The number of hydrogen-bond acceptors (Lipinski definition) is 4. The number of fused-ring (bicyclic) bond motifs is 3. The fourth-order valence-electron chi connectivity index (χ4n) is 4.82. The van der Waals surface area contributed by atoms with E-state index in [1.807, 2.05) is 6.20 Å². The van der Waals surface area contributed by atoms with Crippen molar-refractivity contribution in [2.45, 2.75) is 32.6 Å². The van der Waals surface area contributed by atoms with Gasteiger partial charge in [0.05, 0.1) is 0 Å². The van der Waals surface area contributed by atoms with E-state index in [2.05, 4.69) is 77.3 Å². The van der Waals surface area contributed by atoms with Crippen LogP contribution in [0.15, 0.2) is 54.7 Å². The van der Waals surface area contributed by atoms with Gasteiger partial charge in [0.15, 0.2) is 0 Å². The minimum absolute atomic E-state index is 0.734. The van der Waals surface area contributed by atoms with Crippen LogP contribution in [0.25, 0.3) is 33.1 Å². The molecule has 5 nitrogen and oxygen atoms in total. The van der Waals surface area contributed by atoms with Gasteiger partial charge in [-0.3, -0.25) is 4.90 Å². The van der Waals surface area contributed by atoms with Gasteiger partial charge in [0.25, 0.3) is 0 Å². The lowest BCUT2D eigenvalue weighted by molar-refractivity contribution is 0.134. The standard InChI is InChI=1S/C29H36N4O/c1-3-4-5-6-22-19-27-26-20-24(9-12-28(26)31-29(27)30-21-22)23-7-10-25(11-8-23)34-18-17-33-15-13-32(2)14-16-33/h7-12,19-21H,3-6,13-18H2,1-2H3,(H,30,31). The Morgan fingerprint density at radius 3 is 2.50 bits per heavy atom. The number of pyridine rings is 1. The van der Waals surface area contributed by atoms with E-state index >= 15 is 0 Å². The molecule has 5 heteroatoms. The SMILES string of the molecule is CCCCCc1cnc2[nH]c3ccc(-c4ccc(OCCN5CCN(C)CC5)cc4)cc3c2c1. The van der Waals surface area contributed by atoms with Crippen molar-refractivity contribution in [2.24, 2.45) is 0 Å². The van der Waals surface area contributed by atoms with Gasteiger partial charge in [-0.2, -0.15) is 0 Å². The number of nitrogens with one attached hydrogen (secondary N) is 1. The van der Waals surface area contributed by atoms with E-state index in [0.29, 0.717) is 0 Å². The minimum Gasteiger partial charge on any atom is -0.492 e. The number of likely N-dealkylation sites (N-methyl/N-ethyl adjacent to an activating group) is 1. The molecule has 2 aromatic heterocycles. The van der Waals surface area contributed by atoms with Gasteiger partial charge in [-0.1, -0.05) is 38.0 Å². The number of hydrogen-bond donors (Lipinski definition) is 1. The molecule has 5 rings (SSSR count). The lowest BCUT2D eigenvalue weighted by Gasteiger charge is -2.32. The monoisotopic (exact) mass is 456 g/mol. The molecule has 0 amide bonds. The van der Waals surface area contributed by atoms with Crippen LogP contribution in [0.4, 0.5) is 0 Å². The first-order chi connectivity index (χ1) is 16.7. The van der Waals surface area contributed by atoms with Crippen LogP contribution in [0, 0.1) is 0 Å². The van der Waals surface area contributed by atoms with Crippen molar-refractivity contribution in [3.05, 3.63) is 60.3 Å². The molecule has 1 fully saturated rings. The second-order valence-electron chi connectivity index (χ2n) is 9.60. The zero-order chi connectivity index (χ0) is 23.3. The van der Waals surface area contributed by atoms with Crippen LogP contribution in [0.2, 0.25) is 0 Å². The van der Waals surface area contributed by atoms with Crippen LogP contribution in [-0.2, 0) is 6.42 Å². The zero-order valence-electron chi connectivity index (χ0n) is 20.5. The second-order valence-corrected chi connectivity index (χ2v) is 9.60. The van der Waals surface area contributed by atoms with Gasteiger partial charge in [-0.05, 0) is 66.9 Å². The van der Waals surface area contributed by atoms with Gasteiger partial charge in [-0.15, -0.1) is 0 Å². The number of aryl methyl sites for hydroxylation is 1. The number of unbranched alkanes of at least 4 members (excludes halogenated alkanes) is 2. The summed E-state index contributed by atoms with van der Waals surface area (Å²) in [5, 5.41) is 2.46. The Hall–Kier alpha value is -2.89. The number of H-pyrrole nitrogens is 1. The first kappa shape index (κ1) is 22.9. The van der Waals surface area contributed by atoms with Gasteiger partial charge in [0.1, 0.15) is 18.0 Å². The van der Waals surface area contributed by atoms with Crippen molar-refractivity contribution in [1.29, 1.82) is 0 Å². The molecule has 0 atom stereocenters. The van der Waals surface area contributed by atoms with Gasteiger partial charge in [-0.25, -0.2) is 4.98 Å². The van der Waals surface area contributed by atoms with Gasteiger partial charge in [0.2, 0.25) is 0 Å². The van der Waals surface area contributed by atoms with E-state index in [1.165, 1.54) is 46.7 Å². The quantitative estimate of drug-likeness (QED) is 0.326. The van der Waals surface area contributed by atoms with E-state index in [4.69, 9.17) is 9.72 Å². The normalized spacial score (nSPS) is 15.4. The number of ether oxygens (including phenoxy) is 1. The number of nitrogens with zero attached hydrogens (tertiary/aromatic N) is 3. The molecular weight excluding hydrogens is 420 g/mol. The second kappa shape index (κ2) is 10.6. The number of benzene rings is 2. The molecule has 4 aromatic rings. The predicted octanol–water partition coefficient (Wildman–Crippen LogP) is 5.74. The highest BCUT2D eigenvalue weighted by Crippen LogP contribution is 2.31. The van der Waals surface area contributed by atoms with E-state index in [9.17, 15) is 0 Å². The van der Waals surface area contributed by atoms with Crippen LogP contribution in [0.3, 0.4) is 0 Å². The molecule has 34 heavy (non-hydrogen) atoms. The summed E-state index contributed by atoms with van der Waals surface area (Å²) in [7, 11) is 2.19. The van der Waals surface area contributed by atoms with Crippen LogP contribution in [-0.4, -0.2) is 66.1 Å². The molecular formula is C29H36N4O. The summed E-state index contributed by atoms with van der Waals surface area (Å²) >= 11 is 0. The molecule has 0 radical (unpaired) electrons. The third kappa shape index (κ3) is 5.26. The molecule has 1 aliphatic rings. The molecule has 0 bridgehead atoms. The van der Waals surface area contributed by atoms with Crippen molar-refractivity contribution in [3.63, 3.8) is 0 Å². The average Bonchev–Trinajstić information content (AvgIpc) is 3.23. The summed E-state index contributed by atoms with van der Waals surface area (Å²) in [5.41, 5.74) is 5.85. The Bertz CT molecular complexity index is 1220. The highest BCUT2D eigenvalue weighted by molar-refractivity contribution is 6.07. The molecule has 0 saturated carbocycles. The number of piperazine rings is 1. The number of aromatic nitrogens is 2. The molecule has 178 valence electrons. The van der Waals surface area contributed by atoms with E-state index < -0.39 is 0 Å². The van der Waals surface area contributed by atoms with Gasteiger partial charge >= 0.3 is 0 Å². The highest BCUT2D eigenvalue weighted by atomic mass is 16.5. The maximum Gasteiger partial charge on any atom is 0.138 e. The predicted molar refractivity (Wildman–Crippen MR) is 142 cm³/mol. The van der Waals surface area contributed by atoms with E-state index in [1.54, 1.807) is 0 Å². The maximum atomic E-state index is 6.03. The van der Waals surface area contributed by atoms with Crippen molar-refractivity contribution in [2.75, 3.05) is 46.4 Å². The summed E-state index contributed by atoms with van der Waals surface area (Å²) in [6, 6.07) is 17.5. The Morgan fingerprint density at radius 1 is 0.912 bits per heavy atom. The Balaban J connectivity index is 1.27. The van der Waals surface area contributed by atoms with Crippen molar-refractivity contribution in [1.82, 2.24) is 19.8 Å². The molecule has 1 N–H and O–H groups in total. The largest absolute Gasteiger partial charge is 0.492 e. The Kier molecular flexibility index (Phi) is 7.12. The fourth-order valence-corrected chi connectivity index (χ4v) is 4.82. The topological polar surface area (TPSA) is 44.4 Å². The molecule has 1 saturated heterocycles. The van der Waals surface area contributed by atoms with Crippen LogP contribution < -0.4 is 4.74 Å². The Morgan fingerprint density at radius 2 is 1.71 bits per heavy atom. The summed E-state index contributed by atoms with van der Waals surface area (Å²) in [6.45, 7) is 8.52. The lowest BCUT2D eigenvalue weighted by Crippen LogP contribution is -2.45. The van der Waals surface area contributed by atoms with Crippen LogP contribution >= 0.6 is 0 Å². The Labute approximate surface area is 202 Å². The van der Waals surface area contributed by atoms with E-state index in [0.717, 1.165) is 62.7 Å².